The molecule has 1 fully saturated rings. The smallest absolute Gasteiger partial charge is 0.227 e. The first-order chi connectivity index (χ1) is 13.7. The first kappa shape index (κ1) is 19.1. The number of hydrogen-bond acceptors (Lipinski definition) is 5. The van der Waals surface area contributed by atoms with E-state index in [4.69, 9.17) is 9.72 Å². The maximum absolute atomic E-state index is 13.0. The third-order valence-corrected chi connectivity index (χ3v) is 5.73. The Bertz CT molecular complexity index is 766. The summed E-state index contributed by atoms with van der Waals surface area (Å²) in [5, 5.41) is 4.69. The number of hydrogen-bond donors (Lipinski definition) is 0. The van der Waals surface area contributed by atoms with Crippen molar-refractivity contribution in [3.8, 4) is 0 Å². The molecule has 0 N–H and O–H groups in total. The third-order valence-electron chi connectivity index (χ3n) is 5.73. The number of nitrogens with zero attached hydrogens (tertiary/aromatic N) is 5. The van der Waals surface area contributed by atoms with Crippen LogP contribution in [0.3, 0.4) is 0 Å². The molecule has 1 atom stereocenters. The molecule has 1 aromatic heterocycles. The number of methoxy groups -OCH3 is 1. The number of ether oxygens (including phenoxy) is 1. The SMILES string of the molecule is COCCN1CCC(C(=O)N2CCc3nc(Cc4ccccc4)nn3CC2)C1. The molecule has 3 heterocycles. The van der Waals surface area contributed by atoms with Gasteiger partial charge in [-0.3, -0.25) is 4.79 Å². The largest absolute Gasteiger partial charge is 0.383 e. The van der Waals surface area contributed by atoms with Crippen LogP contribution in [0.2, 0.25) is 0 Å². The summed E-state index contributed by atoms with van der Waals surface area (Å²) in [6, 6.07) is 10.3. The van der Waals surface area contributed by atoms with Crippen molar-refractivity contribution in [2.24, 2.45) is 5.92 Å². The van der Waals surface area contributed by atoms with E-state index in [0.717, 1.165) is 70.2 Å². The van der Waals surface area contributed by atoms with Gasteiger partial charge in [-0.05, 0) is 18.5 Å². The van der Waals surface area contributed by atoms with E-state index in [0.29, 0.717) is 6.54 Å². The lowest BCUT2D eigenvalue weighted by Gasteiger charge is -2.24. The Kier molecular flexibility index (Phi) is 6.02. The molecule has 0 bridgehead atoms. The van der Waals surface area contributed by atoms with Crippen LogP contribution in [0.25, 0.3) is 0 Å². The molecule has 1 saturated heterocycles. The van der Waals surface area contributed by atoms with Gasteiger partial charge in [0.1, 0.15) is 5.82 Å². The number of carbonyl (C=O) groups excluding carboxylic acids is 1. The quantitative estimate of drug-likeness (QED) is 0.751. The molecular weight excluding hydrogens is 354 g/mol. The highest BCUT2D eigenvalue weighted by molar-refractivity contribution is 5.79. The van der Waals surface area contributed by atoms with Crippen LogP contribution in [0.1, 0.15) is 23.6 Å². The van der Waals surface area contributed by atoms with Crippen LogP contribution in [0, 0.1) is 5.92 Å². The molecule has 0 radical (unpaired) electrons. The summed E-state index contributed by atoms with van der Waals surface area (Å²) in [4.78, 5) is 22.0. The minimum Gasteiger partial charge on any atom is -0.383 e. The van der Waals surface area contributed by atoms with Crippen molar-refractivity contribution in [3.05, 3.63) is 47.5 Å². The minimum absolute atomic E-state index is 0.115. The van der Waals surface area contributed by atoms with Gasteiger partial charge in [0.05, 0.1) is 19.1 Å². The number of rotatable bonds is 6. The van der Waals surface area contributed by atoms with Gasteiger partial charge in [-0.25, -0.2) is 9.67 Å². The van der Waals surface area contributed by atoms with E-state index in [2.05, 4.69) is 22.1 Å². The van der Waals surface area contributed by atoms with Crippen molar-refractivity contribution in [2.75, 3.05) is 46.4 Å². The lowest BCUT2D eigenvalue weighted by molar-refractivity contribution is -0.135. The van der Waals surface area contributed by atoms with Crippen molar-refractivity contribution < 1.29 is 9.53 Å². The number of benzene rings is 1. The van der Waals surface area contributed by atoms with Gasteiger partial charge in [0.2, 0.25) is 5.91 Å². The van der Waals surface area contributed by atoms with Gasteiger partial charge in [-0.2, -0.15) is 5.10 Å². The average Bonchev–Trinajstić information content (AvgIpc) is 3.29. The zero-order chi connectivity index (χ0) is 19.3. The van der Waals surface area contributed by atoms with Crippen LogP contribution in [0.4, 0.5) is 0 Å². The highest BCUT2D eigenvalue weighted by Crippen LogP contribution is 2.20. The second-order valence-corrected chi connectivity index (χ2v) is 7.68. The summed E-state index contributed by atoms with van der Waals surface area (Å²) in [5.74, 6) is 2.26. The topological polar surface area (TPSA) is 63.5 Å². The van der Waals surface area contributed by atoms with Crippen LogP contribution in [0.15, 0.2) is 30.3 Å². The lowest BCUT2D eigenvalue weighted by Crippen LogP contribution is -2.39. The van der Waals surface area contributed by atoms with Gasteiger partial charge in [-0.1, -0.05) is 30.3 Å². The molecule has 2 aliphatic heterocycles. The molecule has 0 spiro atoms. The van der Waals surface area contributed by atoms with E-state index in [1.54, 1.807) is 7.11 Å². The maximum Gasteiger partial charge on any atom is 0.227 e. The van der Waals surface area contributed by atoms with E-state index < -0.39 is 0 Å². The van der Waals surface area contributed by atoms with E-state index >= 15 is 0 Å². The van der Waals surface area contributed by atoms with Crippen molar-refractivity contribution in [2.45, 2.75) is 25.8 Å². The van der Waals surface area contributed by atoms with Crippen LogP contribution in [0.5, 0.6) is 0 Å². The molecule has 7 heteroatoms. The summed E-state index contributed by atoms with van der Waals surface area (Å²) in [5.41, 5.74) is 1.22. The Balaban J connectivity index is 1.32. The molecule has 4 rings (SSSR count). The molecule has 150 valence electrons. The fourth-order valence-electron chi connectivity index (χ4n) is 4.14. The van der Waals surface area contributed by atoms with E-state index in [9.17, 15) is 4.79 Å². The molecule has 7 nitrogen and oxygen atoms in total. The Morgan fingerprint density at radius 3 is 2.86 bits per heavy atom. The molecule has 1 amide bonds. The first-order valence-electron chi connectivity index (χ1n) is 10.2. The number of likely N-dealkylation sites (tertiary alicyclic amines) is 1. The van der Waals surface area contributed by atoms with Gasteiger partial charge in [-0.15, -0.1) is 0 Å². The summed E-state index contributed by atoms with van der Waals surface area (Å²) < 4.78 is 7.14. The summed E-state index contributed by atoms with van der Waals surface area (Å²) >= 11 is 0. The molecule has 28 heavy (non-hydrogen) atoms. The normalized spacial score (nSPS) is 20.2. The van der Waals surface area contributed by atoms with Crippen molar-refractivity contribution in [1.82, 2.24) is 24.6 Å². The van der Waals surface area contributed by atoms with E-state index in [1.807, 2.05) is 27.8 Å². The van der Waals surface area contributed by atoms with Crippen LogP contribution in [-0.2, 0) is 28.9 Å². The van der Waals surface area contributed by atoms with Crippen molar-refractivity contribution in [1.29, 1.82) is 0 Å². The standard InChI is InChI=1S/C21H29N5O2/c1-28-14-13-24-9-7-18(16-24)21(27)25-10-8-20-22-19(23-26(20)12-11-25)15-17-5-3-2-4-6-17/h2-6,18H,7-16H2,1H3. The van der Waals surface area contributed by atoms with E-state index in [1.165, 1.54) is 5.56 Å². The lowest BCUT2D eigenvalue weighted by atomic mass is 10.1. The number of carbonyl (C=O) groups is 1. The van der Waals surface area contributed by atoms with Gasteiger partial charge in [0, 0.05) is 46.1 Å². The van der Waals surface area contributed by atoms with Gasteiger partial charge >= 0.3 is 0 Å². The van der Waals surface area contributed by atoms with Crippen molar-refractivity contribution in [3.63, 3.8) is 0 Å². The second kappa shape index (κ2) is 8.84. The molecule has 0 aliphatic carbocycles. The monoisotopic (exact) mass is 383 g/mol. The number of amides is 1. The average molecular weight is 383 g/mol. The van der Waals surface area contributed by atoms with Crippen LogP contribution < -0.4 is 0 Å². The Morgan fingerprint density at radius 2 is 2.04 bits per heavy atom. The molecular formula is C21H29N5O2. The Hall–Kier alpha value is -2.25. The Morgan fingerprint density at radius 1 is 1.18 bits per heavy atom. The zero-order valence-electron chi connectivity index (χ0n) is 16.6. The zero-order valence-corrected chi connectivity index (χ0v) is 16.6. The third kappa shape index (κ3) is 4.42. The number of fused-ring (bicyclic) bond motifs is 1. The molecule has 0 saturated carbocycles. The summed E-state index contributed by atoms with van der Waals surface area (Å²) in [6.07, 6.45) is 2.47. The van der Waals surface area contributed by atoms with E-state index in [-0.39, 0.29) is 11.8 Å². The van der Waals surface area contributed by atoms with Gasteiger partial charge in [0.15, 0.2) is 5.82 Å². The summed E-state index contributed by atoms with van der Waals surface area (Å²) in [6.45, 7) is 5.64. The highest BCUT2D eigenvalue weighted by Gasteiger charge is 2.32. The molecule has 2 aromatic rings. The molecule has 1 unspecified atom stereocenters. The second-order valence-electron chi connectivity index (χ2n) is 7.68. The van der Waals surface area contributed by atoms with Crippen LogP contribution >= 0.6 is 0 Å². The van der Waals surface area contributed by atoms with Gasteiger partial charge in [0.25, 0.3) is 0 Å². The van der Waals surface area contributed by atoms with Crippen LogP contribution in [-0.4, -0.2) is 76.9 Å². The highest BCUT2D eigenvalue weighted by atomic mass is 16.5. The predicted octanol–water partition coefficient (Wildman–Crippen LogP) is 1.22. The fraction of sp³-hybridized carbons (Fsp3) is 0.571. The minimum atomic E-state index is 0.115. The molecule has 2 aliphatic rings. The maximum atomic E-state index is 13.0. The Labute approximate surface area is 166 Å². The number of aromatic nitrogens is 3. The van der Waals surface area contributed by atoms with Crippen molar-refractivity contribution >= 4 is 5.91 Å². The predicted molar refractivity (Wildman–Crippen MR) is 106 cm³/mol. The fourth-order valence-corrected chi connectivity index (χ4v) is 4.14. The van der Waals surface area contributed by atoms with Gasteiger partial charge < -0.3 is 14.5 Å². The first-order valence-corrected chi connectivity index (χ1v) is 10.2. The summed E-state index contributed by atoms with van der Waals surface area (Å²) in [7, 11) is 1.72. The molecule has 1 aromatic carbocycles.